The summed E-state index contributed by atoms with van der Waals surface area (Å²) in [5, 5.41) is 0.726. The fourth-order valence-electron chi connectivity index (χ4n) is 2.91. The van der Waals surface area contributed by atoms with Crippen LogP contribution in [0.15, 0.2) is 0 Å². The summed E-state index contributed by atoms with van der Waals surface area (Å²) in [6.07, 6.45) is 8.70. The van der Waals surface area contributed by atoms with Gasteiger partial charge in [0.25, 0.3) is 0 Å². The quantitative estimate of drug-likeness (QED) is 0.618. The standard InChI is InChI=1S/C15H15NO3S/c1-3-9-7-12(17)16(8-9)14-13(15(18)19-2)10-5-4-6-11(10)20-14/h1,9H,4-8H2,2H3. The molecule has 0 N–H and O–H groups in total. The number of fused-ring (bicyclic) bond motifs is 1. The molecule has 1 atom stereocenters. The summed E-state index contributed by atoms with van der Waals surface area (Å²) in [7, 11) is 1.38. The molecule has 5 heteroatoms. The topological polar surface area (TPSA) is 46.6 Å². The Morgan fingerprint density at radius 3 is 2.95 bits per heavy atom. The van der Waals surface area contributed by atoms with Crippen LogP contribution in [-0.4, -0.2) is 25.5 Å². The van der Waals surface area contributed by atoms with Gasteiger partial charge in [-0.15, -0.1) is 23.7 Å². The van der Waals surface area contributed by atoms with Gasteiger partial charge >= 0.3 is 5.97 Å². The second-order valence-corrected chi connectivity index (χ2v) is 6.18. The summed E-state index contributed by atoms with van der Waals surface area (Å²) >= 11 is 1.54. The van der Waals surface area contributed by atoms with Crippen molar-refractivity contribution in [3.8, 4) is 12.3 Å². The van der Waals surface area contributed by atoms with Gasteiger partial charge in [-0.1, -0.05) is 0 Å². The van der Waals surface area contributed by atoms with E-state index in [2.05, 4.69) is 5.92 Å². The number of rotatable bonds is 2. The van der Waals surface area contributed by atoms with Crippen LogP contribution in [0.2, 0.25) is 0 Å². The van der Waals surface area contributed by atoms with Gasteiger partial charge in [-0.2, -0.15) is 0 Å². The minimum absolute atomic E-state index is 0.00183. The second kappa shape index (κ2) is 4.95. The third-order valence-corrected chi connectivity index (χ3v) is 5.21. The van der Waals surface area contributed by atoms with E-state index in [1.165, 1.54) is 12.0 Å². The van der Waals surface area contributed by atoms with Crippen molar-refractivity contribution in [1.82, 2.24) is 0 Å². The molecule has 2 aliphatic rings. The summed E-state index contributed by atoms with van der Waals surface area (Å²) in [6, 6.07) is 0. The number of terminal acetylenes is 1. The average Bonchev–Trinajstić information content (AvgIpc) is 3.10. The first kappa shape index (κ1) is 13.2. The molecule has 0 aromatic carbocycles. The number of thiophene rings is 1. The van der Waals surface area contributed by atoms with E-state index in [0.29, 0.717) is 18.5 Å². The summed E-state index contributed by atoms with van der Waals surface area (Å²) in [5.41, 5.74) is 1.64. The highest BCUT2D eigenvalue weighted by Crippen LogP contribution is 2.43. The van der Waals surface area contributed by atoms with Gasteiger partial charge in [0, 0.05) is 23.8 Å². The maximum absolute atomic E-state index is 12.1. The maximum Gasteiger partial charge on any atom is 0.341 e. The van der Waals surface area contributed by atoms with Crippen LogP contribution in [-0.2, 0) is 22.4 Å². The lowest BCUT2D eigenvalue weighted by atomic mass is 10.1. The summed E-state index contributed by atoms with van der Waals surface area (Å²) in [6.45, 7) is 0.499. The number of carbonyl (C=O) groups is 2. The molecule has 4 nitrogen and oxygen atoms in total. The molecule has 0 bridgehead atoms. The zero-order valence-corrected chi connectivity index (χ0v) is 12.1. The molecular formula is C15H15NO3S. The van der Waals surface area contributed by atoms with Crippen molar-refractivity contribution in [2.75, 3.05) is 18.6 Å². The van der Waals surface area contributed by atoms with Crippen LogP contribution < -0.4 is 4.90 Å². The number of esters is 1. The Labute approximate surface area is 121 Å². The van der Waals surface area contributed by atoms with Crippen LogP contribution in [0.25, 0.3) is 0 Å². The second-order valence-electron chi connectivity index (χ2n) is 5.10. The lowest BCUT2D eigenvalue weighted by Crippen LogP contribution is -2.25. The number of ether oxygens (including phenoxy) is 1. The van der Waals surface area contributed by atoms with E-state index in [0.717, 1.165) is 29.8 Å². The third kappa shape index (κ3) is 1.92. The smallest absolute Gasteiger partial charge is 0.341 e. The highest BCUT2D eigenvalue weighted by molar-refractivity contribution is 7.17. The molecule has 1 aromatic rings. The molecule has 0 spiro atoms. The zero-order chi connectivity index (χ0) is 14.3. The Balaban J connectivity index is 2.04. The van der Waals surface area contributed by atoms with Crippen LogP contribution in [0.3, 0.4) is 0 Å². The van der Waals surface area contributed by atoms with E-state index in [-0.39, 0.29) is 17.8 Å². The Morgan fingerprint density at radius 1 is 1.50 bits per heavy atom. The molecule has 1 aromatic heterocycles. The average molecular weight is 289 g/mol. The van der Waals surface area contributed by atoms with Gasteiger partial charge in [-0.05, 0) is 24.8 Å². The first-order chi connectivity index (χ1) is 9.65. The number of methoxy groups -OCH3 is 1. The van der Waals surface area contributed by atoms with Crippen molar-refractivity contribution in [3.05, 3.63) is 16.0 Å². The third-order valence-electron chi connectivity index (χ3n) is 3.90. The molecular weight excluding hydrogens is 274 g/mol. The fourth-order valence-corrected chi connectivity index (χ4v) is 4.31. The largest absolute Gasteiger partial charge is 0.465 e. The predicted molar refractivity (Wildman–Crippen MR) is 77.0 cm³/mol. The van der Waals surface area contributed by atoms with E-state index >= 15 is 0 Å². The van der Waals surface area contributed by atoms with Gasteiger partial charge in [0.2, 0.25) is 5.91 Å². The van der Waals surface area contributed by atoms with Crippen molar-refractivity contribution >= 4 is 28.2 Å². The van der Waals surface area contributed by atoms with Crippen LogP contribution in [0.4, 0.5) is 5.00 Å². The van der Waals surface area contributed by atoms with E-state index in [1.54, 1.807) is 16.2 Å². The monoisotopic (exact) mass is 289 g/mol. The van der Waals surface area contributed by atoms with Gasteiger partial charge < -0.3 is 9.64 Å². The Kier molecular flexibility index (Phi) is 3.27. The number of hydrogen-bond donors (Lipinski definition) is 0. The minimum Gasteiger partial charge on any atom is -0.465 e. The van der Waals surface area contributed by atoms with Crippen molar-refractivity contribution in [2.24, 2.45) is 5.92 Å². The van der Waals surface area contributed by atoms with Crippen molar-refractivity contribution in [3.63, 3.8) is 0 Å². The highest BCUT2D eigenvalue weighted by atomic mass is 32.1. The molecule has 0 saturated carbocycles. The van der Waals surface area contributed by atoms with Crippen LogP contribution in [0.5, 0.6) is 0 Å². The SMILES string of the molecule is C#CC1CC(=O)N(c2sc3c(c2C(=O)OC)CCC3)C1. The number of hydrogen-bond acceptors (Lipinski definition) is 4. The Morgan fingerprint density at radius 2 is 2.30 bits per heavy atom. The minimum atomic E-state index is -0.351. The normalized spacial score (nSPS) is 20.9. The van der Waals surface area contributed by atoms with E-state index in [4.69, 9.17) is 11.2 Å². The molecule has 1 aliphatic carbocycles. The number of anilines is 1. The number of aryl methyl sites for hydroxylation is 1. The number of nitrogens with zero attached hydrogens (tertiary/aromatic N) is 1. The lowest BCUT2D eigenvalue weighted by molar-refractivity contribution is -0.117. The molecule has 104 valence electrons. The molecule has 1 aliphatic heterocycles. The summed E-state index contributed by atoms with van der Waals surface area (Å²) in [5.74, 6) is 2.21. The zero-order valence-electron chi connectivity index (χ0n) is 11.3. The number of amides is 1. The number of carbonyl (C=O) groups excluding carboxylic acids is 2. The summed E-state index contributed by atoms with van der Waals surface area (Å²) in [4.78, 5) is 27.1. The van der Waals surface area contributed by atoms with Crippen LogP contribution in [0, 0.1) is 18.3 Å². The van der Waals surface area contributed by atoms with Crippen LogP contribution >= 0.6 is 11.3 Å². The Bertz CT molecular complexity index is 626. The molecule has 3 rings (SSSR count). The van der Waals surface area contributed by atoms with Crippen LogP contribution in [0.1, 0.15) is 33.6 Å². The maximum atomic E-state index is 12.1. The van der Waals surface area contributed by atoms with Gasteiger partial charge in [0.05, 0.1) is 12.7 Å². The highest BCUT2D eigenvalue weighted by Gasteiger charge is 2.36. The van der Waals surface area contributed by atoms with Crippen molar-refractivity contribution in [2.45, 2.75) is 25.7 Å². The van der Waals surface area contributed by atoms with Crippen molar-refractivity contribution in [1.29, 1.82) is 0 Å². The van der Waals surface area contributed by atoms with E-state index < -0.39 is 0 Å². The molecule has 20 heavy (non-hydrogen) atoms. The predicted octanol–water partition coefficient (Wildman–Crippen LogP) is 2.01. The summed E-state index contributed by atoms with van der Waals surface area (Å²) < 4.78 is 4.90. The van der Waals surface area contributed by atoms with Gasteiger partial charge in [-0.3, -0.25) is 4.79 Å². The van der Waals surface area contributed by atoms with E-state index in [1.807, 2.05) is 0 Å². The molecule has 1 fully saturated rings. The fraction of sp³-hybridized carbons (Fsp3) is 0.467. The van der Waals surface area contributed by atoms with Gasteiger partial charge in [0.15, 0.2) is 0 Å². The first-order valence-electron chi connectivity index (χ1n) is 6.65. The van der Waals surface area contributed by atoms with Gasteiger partial charge in [-0.25, -0.2) is 4.79 Å². The lowest BCUT2D eigenvalue weighted by Gasteiger charge is -2.16. The van der Waals surface area contributed by atoms with Gasteiger partial charge in [0.1, 0.15) is 5.00 Å². The molecule has 1 unspecified atom stereocenters. The molecule has 1 amide bonds. The Hall–Kier alpha value is -1.80. The molecule has 1 saturated heterocycles. The van der Waals surface area contributed by atoms with Crippen molar-refractivity contribution < 1.29 is 14.3 Å². The van der Waals surface area contributed by atoms with E-state index in [9.17, 15) is 9.59 Å². The first-order valence-corrected chi connectivity index (χ1v) is 7.46. The molecule has 2 heterocycles. The molecule has 0 radical (unpaired) electrons.